The van der Waals surface area contributed by atoms with Gasteiger partial charge in [0.25, 0.3) is 5.92 Å². The first-order valence-electron chi connectivity index (χ1n) is 5.35. The SMILES string of the molecule is C=CC(F)(F)C(CC)(CC)O[Si](C)(C)C. The van der Waals surface area contributed by atoms with Crippen molar-refractivity contribution in [3.8, 4) is 0 Å². The van der Waals surface area contributed by atoms with Crippen molar-refractivity contribution in [2.24, 2.45) is 0 Å². The lowest BCUT2D eigenvalue weighted by Crippen LogP contribution is -2.53. The minimum Gasteiger partial charge on any atom is -0.406 e. The van der Waals surface area contributed by atoms with Crippen LogP contribution >= 0.6 is 0 Å². The molecule has 4 heteroatoms. The third kappa shape index (κ3) is 3.38. The Morgan fingerprint density at radius 2 is 1.60 bits per heavy atom. The number of hydrogen-bond donors (Lipinski definition) is 0. The Hall–Kier alpha value is -0.223. The second-order valence-corrected chi connectivity index (χ2v) is 9.17. The molecule has 0 fully saturated rings. The maximum Gasteiger partial charge on any atom is 0.293 e. The molecule has 0 aromatic rings. The first kappa shape index (κ1) is 14.8. The minimum atomic E-state index is -2.96. The Morgan fingerprint density at radius 3 is 1.80 bits per heavy atom. The molecule has 0 aliphatic carbocycles. The van der Waals surface area contributed by atoms with Crippen molar-refractivity contribution in [3.05, 3.63) is 12.7 Å². The largest absolute Gasteiger partial charge is 0.406 e. The lowest BCUT2D eigenvalue weighted by molar-refractivity contribution is -0.141. The van der Waals surface area contributed by atoms with Gasteiger partial charge in [0.15, 0.2) is 8.32 Å². The number of hydrogen-bond acceptors (Lipinski definition) is 1. The second kappa shape index (κ2) is 4.74. The van der Waals surface area contributed by atoms with Gasteiger partial charge in [-0.05, 0) is 38.6 Å². The van der Waals surface area contributed by atoms with Gasteiger partial charge in [-0.2, -0.15) is 8.78 Å². The molecule has 0 saturated heterocycles. The summed E-state index contributed by atoms with van der Waals surface area (Å²) in [4.78, 5) is 0. The molecule has 0 rings (SSSR count). The Balaban J connectivity index is 5.14. The van der Waals surface area contributed by atoms with E-state index in [0.717, 1.165) is 0 Å². The zero-order valence-corrected chi connectivity index (χ0v) is 11.4. The van der Waals surface area contributed by atoms with Gasteiger partial charge in [0.2, 0.25) is 0 Å². The van der Waals surface area contributed by atoms with Crippen molar-refractivity contribution in [1.82, 2.24) is 0 Å². The van der Waals surface area contributed by atoms with Crippen LogP contribution in [0.1, 0.15) is 26.7 Å². The monoisotopic (exact) mass is 236 g/mol. The van der Waals surface area contributed by atoms with Crippen molar-refractivity contribution < 1.29 is 13.2 Å². The van der Waals surface area contributed by atoms with Crippen molar-refractivity contribution in [2.75, 3.05) is 0 Å². The highest BCUT2D eigenvalue weighted by atomic mass is 28.4. The fourth-order valence-corrected chi connectivity index (χ4v) is 3.30. The number of halogens is 2. The van der Waals surface area contributed by atoms with E-state index in [0.29, 0.717) is 18.9 Å². The molecule has 0 aromatic heterocycles. The zero-order valence-electron chi connectivity index (χ0n) is 10.4. The van der Waals surface area contributed by atoms with Gasteiger partial charge in [-0.3, -0.25) is 0 Å². The third-order valence-corrected chi connectivity index (χ3v) is 3.51. The molecule has 0 aromatic carbocycles. The van der Waals surface area contributed by atoms with Crippen LogP contribution in [0.2, 0.25) is 19.6 Å². The van der Waals surface area contributed by atoms with E-state index < -0.39 is 19.8 Å². The summed E-state index contributed by atoms with van der Waals surface area (Å²) in [7, 11) is -1.99. The molecule has 0 N–H and O–H groups in total. The normalized spacial score (nSPS) is 14.1. The average molecular weight is 236 g/mol. The van der Waals surface area contributed by atoms with Gasteiger partial charge >= 0.3 is 0 Å². The summed E-state index contributed by atoms with van der Waals surface area (Å²) in [5.74, 6) is -2.96. The highest BCUT2D eigenvalue weighted by molar-refractivity contribution is 6.69. The van der Waals surface area contributed by atoms with Crippen LogP contribution in [0.3, 0.4) is 0 Å². The Bertz CT molecular complexity index is 217. The van der Waals surface area contributed by atoms with Crippen LogP contribution < -0.4 is 0 Å². The third-order valence-electron chi connectivity index (χ3n) is 2.51. The van der Waals surface area contributed by atoms with Gasteiger partial charge in [0.05, 0.1) is 0 Å². The van der Waals surface area contributed by atoms with Crippen LogP contribution in [0.25, 0.3) is 0 Å². The quantitative estimate of drug-likeness (QED) is 0.495. The molecule has 0 amide bonds. The van der Waals surface area contributed by atoms with Gasteiger partial charge in [0, 0.05) is 0 Å². The van der Waals surface area contributed by atoms with E-state index in [4.69, 9.17) is 4.43 Å². The van der Waals surface area contributed by atoms with Gasteiger partial charge in [-0.1, -0.05) is 20.4 Å². The maximum atomic E-state index is 13.8. The van der Waals surface area contributed by atoms with Gasteiger partial charge < -0.3 is 4.43 Å². The summed E-state index contributed by atoms with van der Waals surface area (Å²) in [6, 6.07) is 0. The van der Waals surface area contributed by atoms with E-state index >= 15 is 0 Å². The van der Waals surface area contributed by atoms with Gasteiger partial charge in [-0.25, -0.2) is 0 Å². The molecule has 15 heavy (non-hydrogen) atoms. The van der Waals surface area contributed by atoms with E-state index in [1.54, 1.807) is 13.8 Å². The first-order valence-corrected chi connectivity index (χ1v) is 8.76. The molecule has 0 bridgehead atoms. The molecule has 1 nitrogen and oxygen atoms in total. The molecule has 0 aliphatic rings. The highest BCUT2D eigenvalue weighted by Crippen LogP contribution is 2.40. The van der Waals surface area contributed by atoms with Crippen LogP contribution in [0.5, 0.6) is 0 Å². The van der Waals surface area contributed by atoms with Crippen LogP contribution in [-0.2, 0) is 4.43 Å². The molecular weight excluding hydrogens is 214 g/mol. The van der Waals surface area contributed by atoms with Gasteiger partial charge in [0.1, 0.15) is 5.60 Å². The van der Waals surface area contributed by atoms with Crippen LogP contribution in [-0.4, -0.2) is 19.8 Å². The van der Waals surface area contributed by atoms with E-state index in [-0.39, 0.29) is 0 Å². The summed E-state index contributed by atoms with van der Waals surface area (Å²) in [6.45, 7) is 12.5. The Kier molecular flexibility index (Phi) is 4.67. The summed E-state index contributed by atoms with van der Waals surface area (Å²) in [5.41, 5.74) is -1.38. The molecule has 0 saturated carbocycles. The van der Waals surface area contributed by atoms with E-state index in [1.165, 1.54) is 0 Å². The van der Waals surface area contributed by atoms with E-state index in [2.05, 4.69) is 6.58 Å². The fourth-order valence-electron chi connectivity index (χ4n) is 1.71. The molecule has 0 radical (unpaired) electrons. The Morgan fingerprint density at radius 1 is 1.20 bits per heavy atom. The number of alkyl halides is 2. The van der Waals surface area contributed by atoms with Crippen LogP contribution in [0, 0.1) is 0 Å². The lowest BCUT2D eigenvalue weighted by Gasteiger charge is -2.42. The predicted molar refractivity (Wildman–Crippen MR) is 62.9 cm³/mol. The molecule has 0 heterocycles. The van der Waals surface area contributed by atoms with Crippen molar-refractivity contribution in [3.63, 3.8) is 0 Å². The molecule has 0 aliphatic heterocycles. The second-order valence-electron chi connectivity index (χ2n) is 4.74. The summed E-state index contributed by atoms with van der Waals surface area (Å²) < 4.78 is 33.3. The first-order chi connectivity index (χ1) is 6.64. The van der Waals surface area contributed by atoms with Crippen LogP contribution in [0.4, 0.5) is 8.78 Å². The van der Waals surface area contributed by atoms with E-state index in [9.17, 15) is 8.78 Å². The predicted octanol–water partition coefficient (Wildman–Crippen LogP) is 4.22. The maximum absolute atomic E-state index is 13.8. The number of rotatable bonds is 6. The summed E-state index contributed by atoms with van der Waals surface area (Å²) in [5, 5.41) is 0. The highest BCUT2D eigenvalue weighted by Gasteiger charge is 2.51. The topological polar surface area (TPSA) is 9.23 Å². The molecular formula is C11H22F2OSi. The summed E-state index contributed by atoms with van der Waals surface area (Å²) >= 11 is 0. The minimum absolute atomic E-state index is 0.298. The fraction of sp³-hybridized carbons (Fsp3) is 0.818. The molecule has 0 unspecified atom stereocenters. The molecule has 0 spiro atoms. The summed E-state index contributed by atoms with van der Waals surface area (Å²) in [6.07, 6.45) is 1.31. The van der Waals surface area contributed by atoms with Crippen molar-refractivity contribution in [1.29, 1.82) is 0 Å². The standard InChI is InChI=1S/C11H22F2OSi/c1-7-10(8-2,11(12,13)9-3)14-15(4,5)6/h9H,3,7-8H2,1-2,4-6H3. The van der Waals surface area contributed by atoms with E-state index in [1.807, 2.05) is 19.6 Å². The lowest BCUT2D eigenvalue weighted by atomic mass is 9.90. The molecule has 0 atom stereocenters. The van der Waals surface area contributed by atoms with Crippen LogP contribution in [0.15, 0.2) is 12.7 Å². The molecule has 90 valence electrons. The zero-order chi connectivity index (χ0) is 12.3. The van der Waals surface area contributed by atoms with Crippen molar-refractivity contribution >= 4 is 8.32 Å². The van der Waals surface area contributed by atoms with Crippen molar-refractivity contribution in [2.45, 2.75) is 57.9 Å². The Labute approximate surface area is 92.6 Å². The average Bonchev–Trinajstić information content (AvgIpc) is 2.12. The van der Waals surface area contributed by atoms with Gasteiger partial charge in [-0.15, -0.1) is 0 Å². The smallest absolute Gasteiger partial charge is 0.293 e.